The lowest BCUT2D eigenvalue weighted by molar-refractivity contribution is -0.132. The van der Waals surface area contributed by atoms with Gasteiger partial charge >= 0.3 is 5.97 Å². The molecule has 21 heavy (non-hydrogen) atoms. The minimum atomic E-state index is -0.398. The van der Waals surface area contributed by atoms with Gasteiger partial charge < -0.3 is 14.5 Å². The highest BCUT2D eigenvalue weighted by atomic mass is 16.6. The van der Waals surface area contributed by atoms with E-state index in [1.807, 2.05) is 12.1 Å². The molecule has 0 bridgehead atoms. The molecule has 6 heteroatoms. The molecule has 106 valence electrons. The van der Waals surface area contributed by atoms with Crippen molar-refractivity contribution in [2.24, 2.45) is 0 Å². The third kappa shape index (κ3) is 2.55. The summed E-state index contributed by atoms with van der Waals surface area (Å²) in [5, 5.41) is 0. The molecule has 1 N–H and O–H groups in total. The second-order valence-corrected chi connectivity index (χ2v) is 4.43. The Balaban J connectivity index is 2.07. The van der Waals surface area contributed by atoms with Crippen LogP contribution >= 0.6 is 0 Å². The number of H-pyrrole nitrogens is 1. The summed E-state index contributed by atoms with van der Waals surface area (Å²) in [6, 6.07) is 7.25. The summed E-state index contributed by atoms with van der Waals surface area (Å²) in [6.07, 6.45) is 3.26. The molecule has 0 saturated carbocycles. The largest absolute Gasteiger partial charge is 0.493 e. The summed E-state index contributed by atoms with van der Waals surface area (Å²) < 4.78 is 10.3. The van der Waals surface area contributed by atoms with Crippen molar-refractivity contribution in [1.82, 2.24) is 15.0 Å². The number of benzene rings is 1. The molecular weight excluding hydrogens is 270 g/mol. The van der Waals surface area contributed by atoms with Gasteiger partial charge in [0.1, 0.15) is 5.52 Å². The number of hydrogen-bond donors (Lipinski definition) is 1. The summed E-state index contributed by atoms with van der Waals surface area (Å²) >= 11 is 0. The summed E-state index contributed by atoms with van der Waals surface area (Å²) in [6.45, 7) is 1.35. The molecule has 0 aliphatic rings. The van der Waals surface area contributed by atoms with Crippen LogP contribution in [0.5, 0.6) is 11.5 Å². The first-order chi connectivity index (χ1) is 10.2. The van der Waals surface area contributed by atoms with E-state index in [9.17, 15) is 4.79 Å². The number of nitrogens with zero attached hydrogens (tertiary/aromatic N) is 2. The number of nitrogens with one attached hydrogen (secondary N) is 1. The Morgan fingerprint density at radius 2 is 1.95 bits per heavy atom. The number of methoxy groups -OCH3 is 1. The SMILES string of the molecule is COc1ccc(-c2cc3nccnc3[nH]2)cc1OC(C)=O. The van der Waals surface area contributed by atoms with Crippen LogP contribution in [0.1, 0.15) is 6.92 Å². The fourth-order valence-corrected chi connectivity index (χ4v) is 2.09. The maximum absolute atomic E-state index is 11.2. The quantitative estimate of drug-likeness (QED) is 0.590. The first kappa shape index (κ1) is 13.1. The second kappa shape index (κ2) is 5.24. The van der Waals surface area contributed by atoms with E-state index in [0.29, 0.717) is 17.1 Å². The number of fused-ring (bicyclic) bond motifs is 1. The molecule has 0 unspecified atom stereocenters. The topological polar surface area (TPSA) is 77.1 Å². The monoisotopic (exact) mass is 283 g/mol. The zero-order valence-electron chi connectivity index (χ0n) is 11.6. The lowest BCUT2D eigenvalue weighted by Crippen LogP contribution is -2.03. The number of hydrogen-bond acceptors (Lipinski definition) is 5. The highest BCUT2D eigenvalue weighted by molar-refractivity contribution is 5.80. The van der Waals surface area contributed by atoms with E-state index in [4.69, 9.17) is 9.47 Å². The zero-order valence-corrected chi connectivity index (χ0v) is 11.6. The number of aromatic amines is 1. The highest BCUT2D eigenvalue weighted by Gasteiger charge is 2.11. The molecule has 0 aliphatic carbocycles. The van der Waals surface area contributed by atoms with Crippen LogP contribution < -0.4 is 9.47 Å². The van der Waals surface area contributed by atoms with Crippen molar-refractivity contribution < 1.29 is 14.3 Å². The molecule has 0 amide bonds. The molecular formula is C15H13N3O3. The van der Waals surface area contributed by atoms with Crippen molar-refractivity contribution in [3.05, 3.63) is 36.7 Å². The van der Waals surface area contributed by atoms with Gasteiger partial charge in [0.15, 0.2) is 17.1 Å². The Bertz CT molecular complexity index is 778. The van der Waals surface area contributed by atoms with Crippen molar-refractivity contribution >= 4 is 17.1 Å². The van der Waals surface area contributed by atoms with Gasteiger partial charge in [-0.2, -0.15) is 0 Å². The van der Waals surface area contributed by atoms with Gasteiger partial charge in [0, 0.05) is 30.6 Å². The Morgan fingerprint density at radius 3 is 2.67 bits per heavy atom. The predicted octanol–water partition coefficient (Wildman–Crippen LogP) is 2.56. The van der Waals surface area contributed by atoms with Crippen LogP contribution in [0.15, 0.2) is 36.7 Å². The van der Waals surface area contributed by atoms with E-state index in [1.54, 1.807) is 24.5 Å². The summed E-state index contributed by atoms with van der Waals surface area (Å²) in [5.41, 5.74) is 3.17. The Labute approximate surface area is 120 Å². The van der Waals surface area contributed by atoms with Gasteiger partial charge in [-0.05, 0) is 24.3 Å². The number of esters is 1. The standard InChI is InChI=1S/C15H13N3O3/c1-9(19)21-14-7-10(3-4-13(14)20-2)11-8-12-15(18-11)17-6-5-16-12/h3-8H,1-2H3,(H,17,18). The van der Waals surface area contributed by atoms with Gasteiger partial charge in [0.05, 0.1) is 7.11 Å². The third-order valence-corrected chi connectivity index (χ3v) is 2.99. The lowest BCUT2D eigenvalue weighted by atomic mass is 10.1. The smallest absolute Gasteiger partial charge is 0.308 e. The van der Waals surface area contributed by atoms with Crippen LogP contribution in [0.4, 0.5) is 0 Å². The minimum Gasteiger partial charge on any atom is -0.493 e. The van der Waals surface area contributed by atoms with Gasteiger partial charge in [-0.3, -0.25) is 9.78 Å². The normalized spacial score (nSPS) is 10.6. The number of carbonyl (C=O) groups is 1. The highest BCUT2D eigenvalue weighted by Crippen LogP contribution is 2.33. The van der Waals surface area contributed by atoms with Crippen molar-refractivity contribution in [1.29, 1.82) is 0 Å². The molecule has 2 aromatic heterocycles. The molecule has 0 aliphatic heterocycles. The predicted molar refractivity (Wildman–Crippen MR) is 77.2 cm³/mol. The molecule has 0 fully saturated rings. The Hall–Kier alpha value is -2.89. The first-order valence-corrected chi connectivity index (χ1v) is 6.34. The van der Waals surface area contributed by atoms with E-state index < -0.39 is 5.97 Å². The van der Waals surface area contributed by atoms with Gasteiger partial charge in [-0.25, -0.2) is 4.98 Å². The maximum Gasteiger partial charge on any atom is 0.308 e. The molecule has 1 aromatic carbocycles. The van der Waals surface area contributed by atoms with E-state index in [-0.39, 0.29) is 0 Å². The van der Waals surface area contributed by atoms with E-state index in [2.05, 4.69) is 15.0 Å². The van der Waals surface area contributed by atoms with Gasteiger partial charge in [-0.15, -0.1) is 0 Å². The average molecular weight is 283 g/mol. The average Bonchev–Trinajstić information content (AvgIpc) is 2.90. The third-order valence-electron chi connectivity index (χ3n) is 2.99. The van der Waals surface area contributed by atoms with Crippen LogP contribution in [0.2, 0.25) is 0 Å². The molecule has 0 saturated heterocycles. The first-order valence-electron chi connectivity index (χ1n) is 6.34. The van der Waals surface area contributed by atoms with Crippen molar-refractivity contribution in [2.45, 2.75) is 6.92 Å². The van der Waals surface area contributed by atoms with Crippen LogP contribution in [0.3, 0.4) is 0 Å². The van der Waals surface area contributed by atoms with Crippen LogP contribution in [0, 0.1) is 0 Å². The molecule has 0 atom stereocenters. The molecule has 6 nitrogen and oxygen atoms in total. The number of aromatic nitrogens is 3. The summed E-state index contributed by atoms with van der Waals surface area (Å²) in [7, 11) is 1.53. The Kier molecular flexibility index (Phi) is 3.27. The van der Waals surface area contributed by atoms with E-state index in [0.717, 1.165) is 16.8 Å². The molecule has 3 aromatic rings. The fraction of sp³-hybridized carbons (Fsp3) is 0.133. The Morgan fingerprint density at radius 1 is 1.14 bits per heavy atom. The van der Waals surface area contributed by atoms with Gasteiger partial charge in [0.2, 0.25) is 0 Å². The summed E-state index contributed by atoms with van der Waals surface area (Å²) in [5.74, 6) is 0.480. The van der Waals surface area contributed by atoms with Gasteiger partial charge in [-0.1, -0.05) is 0 Å². The lowest BCUT2D eigenvalue weighted by Gasteiger charge is -2.09. The fourth-order valence-electron chi connectivity index (χ4n) is 2.09. The zero-order chi connectivity index (χ0) is 14.8. The number of carbonyl (C=O) groups excluding carboxylic acids is 1. The van der Waals surface area contributed by atoms with Crippen LogP contribution in [-0.2, 0) is 4.79 Å². The number of rotatable bonds is 3. The maximum atomic E-state index is 11.2. The summed E-state index contributed by atoms with van der Waals surface area (Å²) in [4.78, 5) is 22.8. The van der Waals surface area contributed by atoms with E-state index in [1.165, 1.54) is 14.0 Å². The second-order valence-electron chi connectivity index (χ2n) is 4.43. The minimum absolute atomic E-state index is 0.377. The van der Waals surface area contributed by atoms with E-state index >= 15 is 0 Å². The molecule has 2 heterocycles. The van der Waals surface area contributed by atoms with Crippen molar-refractivity contribution in [3.8, 4) is 22.8 Å². The van der Waals surface area contributed by atoms with Crippen molar-refractivity contribution in [2.75, 3.05) is 7.11 Å². The van der Waals surface area contributed by atoms with Crippen LogP contribution in [0.25, 0.3) is 22.4 Å². The molecule has 0 spiro atoms. The molecule has 0 radical (unpaired) electrons. The molecule has 3 rings (SSSR count). The van der Waals surface area contributed by atoms with Crippen LogP contribution in [-0.4, -0.2) is 28.0 Å². The number of ether oxygens (including phenoxy) is 2. The van der Waals surface area contributed by atoms with Gasteiger partial charge in [0.25, 0.3) is 0 Å². The van der Waals surface area contributed by atoms with Crippen molar-refractivity contribution in [3.63, 3.8) is 0 Å².